The highest BCUT2D eigenvalue weighted by Crippen LogP contribution is 2.31. The number of hydrogen-bond acceptors (Lipinski definition) is 3. The molecule has 31 heavy (non-hydrogen) atoms. The Morgan fingerprint density at radius 1 is 1.10 bits per heavy atom. The van der Waals surface area contributed by atoms with Crippen molar-refractivity contribution in [3.8, 4) is 0 Å². The molecule has 0 bridgehead atoms. The Kier molecular flexibility index (Phi) is 7.62. The van der Waals surface area contributed by atoms with Gasteiger partial charge in [-0.3, -0.25) is 4.79 Å². The molecule has 1 heterocycles. The summed E-state index contributed by atoms with van der Waals surface area (Å²) in [6.07, 6.45) is 9.48. The maximum atomic E-state index is 14.7. The van der Waals surface area contributed by atoms with Crippen LogP contribution in [-0.4, -0.2) is 18.9 Å². The van der Waals surface area contributed by atoms with E-state index in [1.807, 2.05) is 12.1 Å². The molecule has 2 aromatic carbocycles. The number of ketones is 1. The van der Waals surface area contributed by atoms with Gasteiger partial charge in [-0.1, -0.05) is 55.8 Å². The lowest BCUT2D eigenvalue weighted by Gasteiger charge is -2.21. The van der Waals surface area contributed by atoms with Crippen LogP contribution in [0.25, 0.3) is 0 Å². The maximum absolute atomic E-state index is 14.7. The van der Waals surface area contributed by atoms with Gasteiger partial charge in [-0.25, -0.2) is 4.39 Å². The molecule has 0 amide bonds. The molecule has 0 saturated heterocycles. The number of carbonyl (C=O) groups excluding carboxylic acids is 1. The molecule has 2 aromatic rings. The van der Waals surface area contributed by atoms with E-state index in [4.69, 9.17) is 11.6 Å². The number of nitrogens with one attached hydrogen (secondary N) is 2. The average Bonchev–Trinajstić information content (AvgIpc) is 3.03. The van der Waals surface area contributed by atoms with E-state index in [0.717, 1.165) is 43.6 Å². The second-order valence-electron chi connectivity index (χ2n) is 8.94. The van der Waals surface area contributed by atoms with Crippen molar-refractivity contribution in [2.75, 3.05) is 18.4 Å². The van der Waals surface area contributed by atoms with E-state index in [9.17, 15) is 9.18 Å². The topological polar surface area (TPSA) is 41.1 Å². The highest BCUT2D eigenvalue weighted by molar-refractivity contribution is 6.33. The van der Waals surface area contributed by atoms with Gasteiger partial charge in [0.05, 0.1) is 16.3 Å². The van der Waals surface area contributed by atoms with Crippen molar-refractivity contribution in [3.05, 3.63) is 63.4 Å². The lowest BCUT2D eigenvalue weighted by molar-refractivity contribution is 0.0966. The second-order valence-corrected chi connectivity index (χ2v) is 9.35. The first-order chi connectivity index (χ1) is 15.1. The van der Waals surface area contributed by atoms with Crippen LogP contribution in [0.4, 0.5) is 10.1 Å². The summed E-state index contributed by atoms with van der Waals surface area (Å²) in [6, 6.07) is 9.01. The van der Waals surface area contributed by atoms with E-state index in [0.29, 0.717) is 23.9 Å². The molecule has 1 aliphatic heterocycles. The average molecular weight is 443 g/mol. The Morgan fingerprint density at radius 3 is 2.71 bits per heavy atom. The molecule has 1 fully saturated rings. The third-order valence-corrected chi connectivity index (χ3v) is 7.10. The minimum absolute atomic E-state index is 0.0773. The predicted molar refractivity (Wildman–Crippen MR) is 126 cm³/mol. The standard InChI is InChI=1S/C26H32ClFN2O/c27-23-10-8-20-12-14-29-15-13-21(20)26(23)30-17-19-6-9-22(24(28)16-19)25(31)11-7-18-4-2-1-3-5-18/h6,8-10,16,18,29-30H,1-5,7,11-15,17H2. The summed E-state index contributed by atoms with van der Waals surface area (Å²) in [4.78, 5) is 12.6. The van der Waals surface area contributed by atoms with Crippen molar-refractivity contribution in [3.63, 3.8) is 0 Å². The molecule has 166 valence electrons. The number of benzene rings is 2. The highest BCUT2D eigenvalue weighted by atomic mass is 35.5. The zero-order valence-electron chi connectivity index (χ0n) is 18.1. The summed E-state index contributed by atoms with van der Waals surface area (Å²) in [6.45, 7) is 2.36. The van der Waals surface area contributed by atoms with E-state index >= 15 is 0 Å². The number of anilines is 1. The predicted octanol–water partition coefficient (Wildman–Crippen LogP) is 6.32. The van der Waals surface area contributed by atoms with E-state index in [1.54, 1.807) is 6.07 Å². The number of fused-ring (bicyclic) bond motifs is 1. The lowest BCUT2D eigenvalue weighted by Crippen LogP contribution is -2.16. The number of Topliss-reactive ketones (excluding diaryl/α,β-unsaturated/α-hetero) is 1. The van der Waals surface area contributed by atoms with Crippen LogP contribution < -0.4 is 10.6 Å². The number of hydrogen-bond donors (Lipinski definition) is 2. The van der Waals surface area contributed by atoms with Gasteiger partial charge in [-0.2, -0.15) is 0 Å². The molecule has 0 atom stereocenters. The summed E-state index contributed by atoms with van der Waals surface area (Å²) in [5, 5.41) is 7.53. The Balaban J connectivity index is 1.39. The van der Waals surface area contributed by atoms with E-state index in [-0.39, 0.29) is 11.3 Å². The van der Waals surface area contributed by atoms with Crippen LogP contribution in [0.3, 0.4) is 0 Å². The molecule has 0 radical (unpaired) electrons. The summed E-state index contributed by atoms with van der Waals surface area (Å²) in [5.41, 5.74) is 4.52. The van der Waals surface area contributed by atoms with Crippen molar-refractivity contribution >= 4 is 23.1 Å². The van der Waals surface area contributed by atoms with Crippen molar-refractivity contribution in [2.24, 2.45) is 5.92 Å². The molecule has 2 N–H and O–H groups in total. The van der Waals surface area contributed by atoms with Gasteiger partial charge in [-0.05, 0) is 73.2 Å². The zero-order chi connectivity index (χ0) is 21.6. The smallest absolute Gasteiger partial charge is 0.165 e. The maximum Gasteiger partial charge on any atom is 0.165 e. The first kappa shape index (κ1) is 22.3. The van der Waals surface area contributed by atoms with Crippen LogP contribution in [0.1, 0.15) is 72.0 Å². The molecule has 1 aliphatic carbocycles. The van der Waals surface area contributed by atoms with Gasteiger partial charge in [-0.15, -0.1) is 0 Å². The molecular formula is C26H32ClFN2O. The Hall–Kier alpha value is -1.91. The Bertz CT molecular complexity index is 924. The third kappa shape index (κ3) is 5.67. The lowest BCUT2D eigenvalue weighted by atomic mass is 9.85. The summed E-state index contributed by atoms with van der Waals surface area (Å²) in [7, 11) is 0. The van der Waals surface area contributed by atoms with Gasteiger partial charge in [0.15, 0.2) is 5.78 Å². The Morgan fingerprint density at radius 2 is 1.90 bits per heavy atom. The first-order valence-corrected chi connectivity index (χ1v) is 12.1. The summed E-state index contributed by atoms with van der Waals surface area (Å²) in [5.74, 6) is 0.131. The van der Waals surface area contributed by atoms with E-state index in [1.165, 1.54) is 49.3 Å². The van der Waals surface area contributed by atoms with Gasteiger partial charge >= 0.3 is 0 Å². The third-order valence-electron chi connectivity index (χ3n) is 6.79. The van der Waals surface area contributed by atoms with Crippen LogP contribution in [0.2, 0.25) is 5.02 Å². The number of rotatable bonds is 7. The largest absolute Gasteiger partial charge is 0.380 e. The molecule has 0 aromatic heterocycles. The fraction of sp³-hybridized carbons (Fsp3) is 0.500. The SMILES string of the molecule is O=C(CCC1CCCCC1)c1ccc(CNc2c(Cl)ccc3c2CCNCC3)cc1F. The quantitative estimate of drug-likeness (QED) is 0.493. The van der Waals surface area contributed by atoms with Crippen molar-refractivity contribution in [1.29, 1.82) is 0 Å². The zero-order valence-corrected chi connectivity index (χ0v) is 18.9. The fourth-order valence-corrected chi connectivity index (χ4v) is 5.21. The van der Waals surface area contributed by atoms with Crippen LogP contribution in [-0.2, 0) is 19.4 Å². The normalized spacial score (nSPS) is 17.1. The highest BCUT2D eigenvalue weighted by Gasteiger charge is 2.18. The minimum Gasteiger partial charge on any atom is -0.380 e. The Labute approximate surface area is 189 Å². The van der Waals surface area contributed by atoms with Gasteiger partial charge in [0, 0.05) is 13.0 Å². The molecule has 0 unspecified atom stereocenters. The van der Waals surface area contributed by atoms with Crippen molar-refractivity contribution in [1.82, 2.24) is 5.32 Å². The van der Waals surface area contributed by atoms with Crippen LogP contribution in [0.5, 0.6) is 0 Å². The van der Waals surface area contributed by atoms with Crippen molar-refractivity contribution < 1.29 is 9.18 Å². The molecule has 1 saturated carbocycles. The van der Waals surface area contributed by atoms with E-state index < -0.39 is 5.82 Å². The van der Waals surface area contributed by atoms with Crippen LogP contribution in [0, 0.1) is 11.7 Å². The summed E-state index contributed by atoms with van der Waals surface area (Å²) >= 11 is 6.48. The first-order valence-electron chi connectivity index (χ1n) is 11.7. The molecule has 3 nitrogen and oxygen atoms in total. The van der Waals surface area contributed by atoms with Gasteiger partial charge < -0.3 is 10.6 Å². The molecule has 2 aliphatic rings. The van der Waals surface area contributed by atoms with Gasteiger partial charge in [0.25, 0.3) is 0 Å². The van der Waals surface area contributed by atoms with Crippen LogP contribution >= 0.6 is 11.6 Å². The van der Waals surface area contributed by atoms with Crippen molar-refractivity contribution in [2.45, 2.75) is 64.3 Å². The fourth-order valence-electron chi connectivity index (χ4n) is 4.97. The molecule has 4 rings (SSSR count). The number of halogens is 2. The minimum atomic E-state index is -0.421. The van der Waals surface area contributed by atoms with Gasteiger partial charge in [0.1, 0.15) is 5.82 Å². The molecule has 0 spiro atoms. The summed E-state index contributed by atoms with van der Waals surface area (Å²) < 4.78 is 14.7. The van der Waals surface area contributed by atoms with Crippen LogP contribution in [0.15, 0.2) is 30.3 Å². The van der Waals surface area contributed by atoms with Gasteiger partial charge in [0.2, 0.25) is 0 Å². The number of carbonyl (C=O) groups is 1. The molecular weight excluding hydrogens is 411 g/mol. The monoisotopic (exact) mass is 442 g/mol. The molecule has 5 heteroatoms. The van der Waals surface area contributed by atoms with E-state index in [2.05, 4.69) is 16.7 Å². The second kappa shape index (κ2) is 10.6.